The smallest absolute Gasteiger partial charge is 0.292 e. The van der Waals surface area contributed by atoms with Crippen LogP contribution >= 0.6 is 0 Å². The number of hydrogen-bond acceptors (Lipinski definition) is 4. The van der Waals surface area contributed by atoms with Gasteiger partial charge in [0.25, 0.3) is 5.69 Å². The van der Waals surface area contributed by atoms with Crippen LogP contribution < -0.4 is 5.32 Å². The Kier molecular flexibility index (Phi) is 4.95. The number of rotatable bonds is 5. The SMILES string of the molecule is CCCN1CCC(Nc2c(C)cccc2[N+](=O)[O-])CC1. The summed E-state index contributed by atoms with van der Waals surface area (Å²) in [6, 6.07) is 5.56. The summed E-state index contributed by atoms with van der Waals surface area (Å²) >= 11 is 0. The molecule has 0 atom stereocenters. The first-order chi connectivity index (χ1) is 9.61. The number of piperidine rings is 1. The van der Waals surface area contributed by atoms with Gasteiger partial charge >= 0.3 is 0 Å². The van der Waals surface area contributed by atoms with Gasteiger partial charge in [0.1, 0.15) is 5.69 Å². The van der Waals surface area contributed by atoms with Gasteiger partial charge in [-0.15, -0.1) is 0 Å². The number of hydrogen-bond donors (Lipinski definition) is 1. The molecule has 1 saturated heterocycles. The predicted octanol–water partition coefficient (Wildman–Crippen LogP) is 3.19. The van der Waals surface area contributed by atoms with Crippen molar-refractivity contribution in [3.8, 4) is 0 Å². The molecule has 0 aromatic heterocycles. The summed E-state index contributed by atoms with van der Waals surface area (Å²) in [7, 11) is 0. The van der Waals surface area contributed by atoms with Crippen molar-refractivity contribution in [3.63, 3.8) is 0 Å². The highest BCUT2D eigenvalue weighted by Crippen LogP contribution is 2.29. The Labute approximate surface area is 120 Å². The minimum absolute atomic E-state index is 0.181. The van der Waals surface area contributed by atoms with Gasteiger partial charge in [0.05, 0.1) is 4.92 Å². The predicted molar refractivity (Wildman–Crippen MR) is 81.2 cm³/mol. The molecular weight excluding hydrogens is 254 g/mol. The van der Waals surface area contributed by atoms with Gasteiger partial charge in [0, 0.05) is 25.2 Å². The van der Waals surface area contributed by atoms with Gasteiger partial charge in [-0.05, 0) is 38.3 Å². The van der Waals surface area contributed by atoms with Crippen LogP contribution in [0.3, 0.4) is 0 Å². The minimum atomic E-state index is -0.304. The topological polar surface area (TPSA) is 58.4 Å². The standard InChI is InChI=1S/C15H23N3O2/c1-3-9-17-10-7-13(8-11-17)16-15-12(2)5-4-6-14(15)18(19)20/h4-6,13,16H,3,7-11H2,1-2H3. The molecule has 1 N–H and O–H groups in total. The molecule has 1 aliphatic rings. The van der Waals surface area contributed by atoms with Crippen molar-refractivity contribution < 1.29 is 4.92 Å². The molecule has 1 aliphatic heterocycles. The molecule has 1 aromatic rings. The van der Waals surface area contributed by atoms with Gasteiger partial charge in [0.2, 0.25) is 0 Å². The lowest BCUT2D eigenvalue weighted by Crippen LogP contribution is -2.39. The lowest BCUT2D eigenvalue weighted by Gasteiger charge is -2.32. The van der Waals surface area contributed by atoms with E-state index in [0.717, 1.165) is 38.0 Å². The first-order valence-corrected chi connectivity index (χ1v) is 7.34. The average molecular weight is 277 g/mol. The highest BCUT2D eigenvalue weighted by Gasteiger charge is 2.22. The average Bonchev–Trinajstić information content (AvgIpc) is 2.43. The first kappa shape index (κ1) is 14.8. The van der Waals surface area contributed by atoms with Crippen LogP contribution in [-0.4, -0.2) is 35.5 Å². The van der Waals surface area contributed by atoms with Gasteiger partial charge in [-0.1, -0.05) is 19.1 Å². The Bertz CT molecular complexity index is 468. The fourth-order valence-electron chi connectivity index (χ4n) is 2.81. The van der Waals surface area contributed by atoms with Crippen LogP contribution in [0, 0.1) is 17.0 Å². The number of anilines is 1. The molecule has 2 rings (SSSR count). The van der Waals surface area contributed by atoms with Crippen molar-refractivity contribution in [2.24, 2.45) is 0 Å². The third-order valence-corrected chi connectivity index (χ3v) is 3.92. The Morgan fingerprint density at radius 2 is 2.10 bits per heavy atom. The van der Waals surface area contributed by atoms with Crippen LogP contribution in [0.1, 0.15) is 31.7 Å². The van der Waals surface area contributed by atoms with E-state index in [4.69, 9.17) is 0 Å². The van der Waals surface area contributed by atoms with Crippen LogP contribution in [0.2, 0.25) is 0 Å². The van der Waals surface area contributed by atoms with Crippen molar-refractivity contribution in [1.29, 1.82) is 0 Å². The van der Waals surface area contributed by atoms with E-state index < -0.39 is 0 Å². The molecule has 5 heteroatoms. The zero-order valence-electron chi connectivity index (χ0n) is 12.3. The molecule has 0 amide bonds. The molecule has 1 aromatic carbocycles. The highest BCUT2D eigenvalue weighted by atomic mass is 16.6. The second-order valence-electron chi connectivity index (χ2n) is 5.49. The quantitative estimate of drug-likeness (QED) is 0.663. The van der Waals surface area contributed by atoms with E-state index in [1.165, 1.54) is 6.42 Å². The summed E-state index contributed by atoms with van der Waals surface area (Å²) < 4.78 is 0. The van der Waals surface area contributed by atoms with Crippen LogP contribution in [0.5, 0.6) is 0 Å². The van der Waals surface area contributed by atoms with E-state index in [1.54, 1.807) is 12.1 Å². The number of aryl methyl sites for hydroxylation is 1. The summed E-state index contributed by atoms with van der Waals surface area (Å²) in [6.07, 6.45) is 3.28. The second-order valence-corrected chi connectivity index (χ2v) is 5.49. The first-order valence-electron chi connectivity index (χ1n) is 7.34. The van der Waals surface area contributed by atoms with Gasteiger partial charge in [-0.3, -0.25) is 10.1 Å². The normalized spacial score (nSPS) is 17.1. The Morgan fingerprint density at radius 1 is 1.40 bits per heavy atom. The Morgan fingerprint density at radius 3 is 2.70 bits per heavy atom. The molecule has 0 aliphatic carbocycles. The third kappa shape index (κ3) is 3.48. The summed E-state index contributed by atoms with van der Waals surface area (Å²) in [5.74, 6) is 0. The van der Waals surface area contributed by atoms with Crippen molar-refractivity contribution >= 4 is 11.4 Å². The van der Waals surface area contributed by atoms with E-state index in [0.29, 0.717) is 11.7 Å². The van der Waals surface area contributed by atoms with Gasteiger partial charge < -0.3 is 10.2 Å². The molecule has 1 fully saturated rings. The molecule has 0 saturated carbocycles. The highest BCUT2D eigenvalue weighted by molar-refractivity contribution is 5.66. The van der Waals surface area contributed by atoms with E-state index in [2.05, 4.69) is 17.1 Å². The summed E-state index contributed by atoms with van der Waals surface area (Å²) in [6.45, 7) is 7.41. The number of para-hydroxylation sites is 1. The van der Waals surface area contributed by atoms with Crippen LogP contribution in [0.4, 0.5) is 11.4 Å². The van der Waals surface area contributed by atoms with E-state index >= 15 is 0 Å². The van der Waals surface area contributed by atoms with E-state index in [-0.39, 0.29) is 10.6 Å². The summed E-state index contributed by atoms with van der Waals surface area (Å²) in [4.78, 5) is 13.3. The molecule has 110 valence electrons. The Hall–Kier alpha value is -1.62. The number of benzene rings is 1. The molecule has 20 heavy (non-hydrogen) atoms. The molecule has 1 heterocycles. The maximum Gasteiger partial charge on any atom is 0.292 e. The Balaban J connectivity index is 2.03. The van der Waals surface area contributed by atoms with Crippen molar-refractivity contribution in [1.82, 2.24) is 4.90 Å². The fourth-order valence-corrected chi connectivity index (χ4v) is 2.81. The van der Waals surface area contributed by atoms with Crippen molar-refractivity contribution in [3.05, 3.63) is 33.9 Å². The van der Waals surface area contributed by atoms with Gasteiger partial charge in [0.15, 0.2) is 0 Å². The number of nitrogens with zero attached hydrogens (tertiary/aromatic N) is 2. The zero-order valence-corrected chi connectivity index (χ0v) is 12.3. The molecule has 0 bridgehead atoms. The molecular formula is C15H23N3O2. The summed E-state index contributed by atoms with van der Waals surface area (Å²) in [5.41, 5.74) is 1.81. The number of nitro benzene ring substituents is 1. The monoisotopic (exact) mass is 277 g/mol. The van der Waals surface area contributed by atoms with Crippen molar-refractivity contribution in [2.45, 2.75) is 39.2 Å². The second kappa shape index (κ2) is 6.70. The fraction of sp³-hybridized carbons (Fsp3) is 0.600. The molecule has 5 nitrogen and oxygen atoms in total. The van der Waals surface area contributed by atoms with Crippen LogP contribution in [0.25, 0.3) is 0 Å². The van der Waals surface area contributed by atoms with E-state index in [1.807, 2.05) is 13.0 Å². The molecule has 0 spiro atoms. The van der Waals surface area contributed by atoms with Crippen LogP contribution in [0.15, 0.2) is 18.2 Å². The number of likely N-dealkylation sites (tertiary alicyclic amines) is 1. The van der Waals surface area contributed by atoms with E-state index in [9.17, 15) is 10.1 Å². The molecule has 0 unspecified atom stereocenters. The minimum Gasteiger partial charge on any atom is -0.376 e. The number of nitro groups is 1. The number of nitrogens with one attached hydrogen (secondary N) is 1. The summed E-state index contributed by atoms with van der Waals surface area (Å²) in [5, 5.41) is 14.5. The maximum absolute atomic E-state index is 11.1. The lowest BCUT2D eigenvalue weighted by atomic mass is 10.0. The van der Waals surface area contributed by atoms with Crippen LogP contribution in [-0.2, 0) is 0 Å². The molecule has 0 radical (unpaired) electrons. The third-order valence-electron chi connectivity index (χ3n) is 3.92. The lowest BCUT2D eigenvalue weighted by molar-refractivity contribution is -0.384. The van der Waals surface area contributed by atoms with Gasteiger partial charge in [-0.2, -0.15) is 0 Å². The largest absolute Gasteiger partial charge is 0.376 e. The van der Waals surface area contributed by atoms with Gasteiger partial charge in [-0.25, -0.2) is 0 Å². The van der Waals surface area contributed by atoms with Crippen molar-refractivity contribution in [2.75, 3.05) is 25.0 Å². The zero-order chi connectivity index (χ0) is 14.5. The maximum atomic E-state index is 11.1.